The zero-order chi connectivity index (χ0) is 17.7. The summed E-state index contributed by atoms with van der Waals surface area (Å²) in [5.74, 6) is -0.443. The Morgan fingerprint density at radius 3 is 2.21 bits per heavy atom. The third kappa shape index (κ3) is 12.2. The van der Waals surface area contributed by atoms with E-state index in [1.54, 1.807) is 0 Å². The summed E-state index contributed by atoms with van der Waals surface area (Å²) in [5.41, 5.74) is 0. The summed E-state index contributed by atoms with van der Waals surface area (Å²) in [6.07, 6.45) is 9.13. The largest absolute Gasteiger partial charge is 0.748 e. The molecule has 0 N–H and O–H groups in total. The van der Waals surface area contributed by atoms with Crippen molar-refractivity contribution >= 4 is 10.1 Å². The van der Waals surface area contributed by atoms with E-state index in [1.807, 2.05) is 0 Å². The second-order valence-corrected chi connectivity index (χ2v) is 8.05. The fourth-order valence-electron chi connectivity index (χ4n) is 2.94. The smallest absolute Gasteiger partial charge is 0.0972 e. The van der Waals surface area contributed by atoms with E-state index >= 15 is 0 Å². The minimum Gasteiger partial charge on any atom is -0.748 e. The number of ether oxygens (including phenoxy) is 2. The molecule has 0 saturated carbocycles. The maximum absolute atomic E-state index is 11.1. The summed E-state index contributed by atoms with van der Waals surface area (Å²) in [6.45, 7) is 6.05. The van der Waals surface area contributed by atoms with Crippen LogP contribution in [0.3, 0.4) is 0 Å². The minimum atomic E-state index is -4.27. The number of morpholine rings is 1. The molecular formula is C17H34NO5S-. The van der Waals surface area contributed by atoms with E-state index in [1.165, 1.54) is 38.5 Å². The summed E-state index contributed by atoms with van der Waals surface area (Å²) >= 11 is 0. The topological polar surface area (TPSA) is 78.9 Å². The van der Waals surface area contributed by atoms with E-state index in [0.717, 1.165) is 25.9 Å². The van der Waals surface area contributed by atoms with Gasteiger partial charge in [-0.2, -0.15) is 0 Å². The van der Waals surface area contributed by atoms with E-state index in [9.17, 15) is 13.0 Å². The van der Waals surface area contributed by atoms with Gasteiger partial charge < -0.3 is 14.0 Å². The lowest BCUT2D eigenvalue weighted by Gasteiger charge is -2.30. The Labute approximate surface area is 147 Å². The van der Waals surface area contributed by atoms with Crippen molar-refractivity contribution in [3.05, 3.63) is 0 Å². The zero-order valence-corrected chi connectivity index (χ0v) is 15.9. The van der Waals surface area contributed by atoms with Crippen LogP contribution in [0.2, 0.25) is 0 Å². The molecule has 0 bridgehead atoms. The molecule has 6 nitrogen and oxygen atoms in total. The molecule has 1 aliphatic rings. The molecule has 1 fully saturated rings. The lowest BCUT2D eigenvalue weighted by molar-refractivity contribution is -0.00572. The van der Waals surface area contributed by atoms with Crippen molar-refractivity contribution in [1.82, 2.24) is 4.90 Å². The summed E-state index contributed by atoms with van der Waals surface area (Å²) < 4.78 is 44.2. The highest BCUT2D eigenvalue weighted by molar-refractivity contribution is 7.85. The molecule has 1 aliphatic heterocycles. The molecule has 1 unspecified atom stereocenters. The van der Waals surface area contributed by atoms with Crippen LogP contribution in [-0.4, -0.2) is 69.2 Å². The summed E-state index contributed by atoms with van der Waals surface area (Å²) in [6, 6.07) is 0. The van der Waals surface area contributed by atoms with Gasteiger partial charge in [0.2, 0.25) is 0 Å². The highest BCUT2D eigenvalue weighted by Gasteiger charge is 2.19. The number of unbranched alkanes of at least 4 members (excludes halogenated alkanes) is 7. The maximum Gasteiger partial charge on any atom is 0.0972 e. The van der Waals surface area contributed by atoms with Gasteiger partial charge in [0, 0.05) is 26.2 Å². The van der Waals surface area contributed by atoms with Gasteiger partial charge in [-0.05, 0) is 6.42 Å². The fourth-order valence-corrected chi connectivity index (χ4v) is 3.60. The SMILES string of the molecule is CCCCCCCCCCOC(CN1CCOCC1)CS(=O)(=O)[O-]. The molecule has 24 heavy (non-hydrogen) atoms. The van der Waals surface area contributed by atoms with Crippen LogP contribution >= 0.6 is 0 Å². The van der Waals surface area contributed by atoms with E-state index in [-0.39, 0.29) is 0 Å². The standard InChI is InChI=1S/C17H35NO5S/c1-2-3-4-5-6-7-8-9-12-23-17(16-24(19,20)21)15-18-10-13-22-14-11-18/h17H,2-16H2,1H3,(H,19,20,21)/p-1. The molecule has 144 valence electrons. The van der Waals surface area contributed by atoms with Gasteiger partial charge in [0.25, 0.3) is 0 Å². The number of nitrogens with zero attached hydrogens (tertiary/aromatic N) is 1. The van der Waals surface area contributed by atoms with Crippen LogP contribution in [0.1, 0.15) is 58.3 Å². The van der Waals surface area contributed by atoms with E-state index in [4.69, 9.17) is 9.47 Å². The van der Waals surface area contributed by atoms with Crippen LogP contribution in [-0.2, 0) is 19.6 Å². The number of hydrogen-bond donors (Lipinski definition) is 0. The molecule has 1 heterocycles. The van der Waals surface area contributed by atoms with Gasteiger partial charge in [0.1, 0.15) is 0 Å². The molecule has 0 aromatic heterocycles. The van der Waals surface area contributed by atoms with Gasteiger partial charge >= 0.3 is 0 Å². The van der Waals surface area contributed by atoms with Crippen LogP contribution < -0.4 is 0 Å². The molecular weight excluding hydrogens is 330 g/mol. The molecule has 1 saturated heterocycles. The molecule has 1 rings (SSSR count). The van der Waals surface area contributed by atoms with Gasteiger partial charge in [-0.15, -0.1) is 0 Å². The van der Waals surface area contributed by atoms with Gasteiger partial charge in [0.05, 0.1) is 35.2 Å². The van der Waals surface area contributed by atoms with Crippen molar-refractivity contribution in [2.24, 2.45) is 0 Å². The molecule has 0 spiro atoms. The number of hydrogen-bond acceptors (Lipinski definition) is 6. The van der Waals surface area contributed by atoms with Crippen molar-refractivity contribution in [2.45, 2.75) is 64.4 Å². The highest BCUT2D eigenvalue weighted by atomic mass is 32.2. The van der Waals surface area contributed by atoms with Crippen LogP contribution in [0.15, 0.2) is 0 Å². The van der Waals surface area contributed by atoms with Crippen LogP contribution in [0.25, 0.3) is 0 Å². The summed E-state index contributed by atoms with van der Waals surface area (Å²) in [7, 11) is -4.27. The van der Waals surface area contributed by atoms with Crippen molar-refractivity contribution in [1.29, 1.82) is 0 Å². The summed E-state index contributed by atoms with van der Waals surface area (Å²) in [4.78, 5) is 2.10. The van der Waals surface area contributed by atoms with Gasteiger partial charge in [-0.3, -0.25) is 4.90 Å². The molecule has 0 radical (unpaired) electrons. The van der Waals surface area contributed by atoms with Crippen LogP contribution in [0.5, 0.6) is 0 Å². The van der Waals surface area contributed by atoms with Gasteiger partial charge in [-0.25, -0.2) is 8.42 Å². The Morgan fingerprint density at radius 2 is 1.62 bits per heavy atom. The molecule has 0 aromatic carbocycles. The molecule has 7 heteroatoms. The predicted octanol–water partition coefficient (Wildman–Crippen LogP) is 2.39. The van der Waals surface area contributed by atoms with Crippen LogP contribution in [0, 0.1) is 0 Å². The van der Waals surface area contributed by atoms with Crippen molar-refractivity contribution in [3.8, 4) is 0 Å². The Bertz CT molecular complexity index is 396. The van der Waals surface area contributed by atoms with E-state index in [0.29, 0.717) is 26.4 Å². The summed E-state index contributed by atoms with van der Waals surface area (Å²) in [5, 5.41) is 0. The second kappa shape index (κ2) is 13.1. The molecule has 1 atom stereocenters. The third-order valence-electron chi connectivity index (χ3n) is 4.31. The van der Waals surface area contributed by atoms with Crippen molar-refractivity contribution in [3.63, 3.8) is 0 Å². The first-order valence-corrected chi connectivity index (χ1v) is 10.9. The quantitative estimate of drug-likeness (QED) is 0.348. The normalized spacial score (nSPS) is 17.9. The average molecular weight is 365 g/mol. The van der Waals surface area contributed by atoms with E-state index < -0.39 is 22.0 Å². The van der Waals surface area contributed by atoms with Gasteiger partial charge in [-0.1, -0.05) is 51.9 Å². The Morgan fingerprint density at radius 1 is 1.04 bits per heavy atom. The second-order valence-electron chi connectivity index (χ2n) is 6.60. The minimum absolute atomic E-state index is 0.443. The first-order valence-electron chi connectivity index (χ1n) is 9.36. The first-order chi connectivity index (χ1) is 11.5. The molecule has 0 aromatic rings. The van der Waals surface area contributed by atoms with Crippen molar-refractivity contribution in [2.75, 3.05) is 45.2 Å². The van der Waals surface area contributed by atoms with E-state index in [2.05, 4.69) is 11.8 Å². The maximum atomic E-state index is 11.1. The average Bonchev–Trinajstić information content (AvgIpc) is 2.52. The van der Waals surface area contributed by atoms with Crippen LogP contribution in [0.4, 0.5) is 0 Å². The Kier molecular flexibility index (Phi) is 11.9. The predicted molar refractivity (Wildman–Crippen MR) is 94.2 cm³/mol. The molecule has 0 amide bonds. The first kappa shape index (κ1) is 21.8. The fraction of sp³-hybridized carbons (Fsp3) is 1.00. The lowest BCUT2D eigenvalue weighted by atomic mass is 10.1. The number of rotatable bonds is 14. The monoisotopic (exact) mass is 364 g/mol. The highest BCUT2D eigenvalue weighted by Crippen LogP contribution is 2.10. The molecule has 0 aliphatic carbocycles. The van der Waals surface area contributed by atoms with Crippen molar-refractivity contribution < 1.29 is 22.4 Å². The Hall–Kier alpha value is -0.210. The Balaban J connectivity index is 2.16. The lowest BCUT2D eigenvalue weighted by Crippen LogP contribution is -2.43. The zero-order valence-electron chi connectivity index (χ0n) is 15.1. The third-order valence-corrected chi connectivity index (χ3v) is 5.09. The van der Waals surface area contributed by atoms with Gasteiger partial charge in [0.15, 0.2) is 0 Å².